The van der Waals surface area contributed by atoms with E-state index in [1.807, 2.05) is 30.2 Å². The number of rotatable bonds is 4. The number of imidazole rings is 1. The minimum absolute atomic E-state index is 0.502. The van der Waals surface area contributed by atoms with Gasteiger partial charge >= 0.3 is 0 Å². The van der Waals surface area contributed by atoms with Gasteiger partial charge in [-0.3, -0.25) is 4.79 Å². The Morgan fingerprint density at radius 1 is 1.75 bits per heavy atom. The average molecular weight is 169 g/mol. The molecule has 4 nitrogen and oxygen atoms in total. The Labute approximate surface area is 71.4 Å². The molecule has 12 heavy (non-hydrogen) atoms. The van der Waals surface area contributed by atoms with Crippen molar-refractivity contribution in [2.45, 2.75) is 19.7 Å². The second-order valence-electron chi connectivity index (χ2n) is 2.45. The first-order valence-electron chi connectivity index (χ1n) is 3.86. The zero-order valence-electron chi connectivity index (χ0n) is 7.30. The summed E-state index contributed by atoms with van der Waals surface area (Å²) in [5.41, 5.74) is 0. The summed E-state index contributed by atoms with van der Waals surface area (Å²) in [6, 6.07) is 0. The van der Waals surface area contributed by atoms with Crippen LogP contribution in [0.5, 0.6) is 0 Å². The number of ether oxygens (including phenoxy) is 1. The maximum absolute atomic E-state index is 10.5. The number of aromatic nitrogens is 2. The standard InChI is InChI=1S/C8H13N2O2/c1-3-9-4-5-10(7-9)8(6-11)12-2/h4-8H,3H2,1-2H3/q+1. The van der Waals surface area contributed by atoms with Gasteiger partial charge in [-0.25, -0.2) is 9.13 Å². The van der Waals surface area contributed by atoms with Crippen LogP contribution in [-0.4, -0.2) is 18.0 Å². The van der Waals surface area contributed by atoms with Crippen LogP contribution in [0.1, 0.15) is 13.2 Å². The number of carbonyl (C=O) groups is 1. The lowest BCUT2D eigenvalue weighted by atomic mass is 10.6. The lowest BCUT2D eigenvalue weighted by Crippen LogP contribution is -2.29. The van der Waals surface area contributed by atoms with Crippen molar-refractivity contribution >= 4 is 6.29 Å². The molecule has 0 radical (unpaired) electrons. The monoisotopic (exact) mass is 169 g/mol. The van der Waals surface area contributed by atoms with Gasteiger partial charge in [0, 0.05) is 7.11 Å². The lowest BCUT2D eigenvalue weighted by Gasteiger charge is -2.01. The van der Waals surface area contributed by atoms with Crippen LogP contribution in [0.2, 0.25) is 0 Å². The summed E-state index contributed by atoms with van der Waals surface area (Å²) in [6.45, 7) is 2.93. The number of aryl methyl sites for hydroxylation is 1. The first-order chi connectivity index (χ1) is 5.81. The van der Waals surface area contributed by atoms with Crippen molar-refractivity contribution in [3.63, 3.8) is 0 Å². The van der Waals surface area contributed by atoms with E-state index >= 15 is 0 Å². The van der Waals surface area contributed by atoms with E-state index in [0.717, 1.165) is 12.8 Å². The Bertz CT molecular complexity index is 257. The van der Waals surface area contributed by atoms with E-state index in [2.05, 4.69) is 0 Å². The molecule has 1 rings (SSSR count). The molecule has 0 N–H and O–H groups in total. The van der Waals surface area contributed by atoms with Gasteiger partial charge in [0.25, 0.3) is 6.23 Å². The molecule has 4 heteroatoms. The van der Waals surface area contributed by atoms with Gasteiger partial charge in [-0.2, -0.15) is 0 Å². The number of aldehydes is 1. The van der Waals surface area contributed by atoms with Crippen LogP contribution in [0.15, 0.2) is 18.7 Å². The van der Waals surface area contributed by atoms with Crippen molar-refractivity contribution in [3.8, 4) is 0 Å². The third kappa shape index (κ3) is 1.71. The third-order valence-electron chi connectivity index (χ3n) is 1.73. The lowest BCUT2D eigenvalue weighted by molar-refractivity contribution is -0.693. The molecule has 0 bridgehead atoms. The van der Waals surface area contributed by atoms with Crippen molar-refractivity contribution in [1.29, 1.82) is 0 Å². The highest BCUT2D eigenvalue weighted by Gasteiger charge is 2.13. The van der Waals surface area contributed by atoms with Crippen LogP contribution in [0.3, 0.4) is 0 Å². The van der Waals surface area contributed by atoms with Crippen molar-refractivity contribution in [1.82, 2.24) is 4.57 Å². The molecule has 0 amide bonds. The Balaban J connectivity index is 2.79. The molecule has 1 unspecified atom stereocenters. The molecular formula is C8H13N2O2+. The summed E-state index contributed by atoms with van der Waals surface area (Å²) in [5.74, 6) is 0. The largest absolute Gasteiger partial charge is 0.337 e. The summed E-state index contributed by atoms with van der Waals surface area (Å²) in [7, 11) is 1.51. The van der Waals surface area contributed by atoms with Crippen molar-refractivity contribution in [2.24, 2.45) is 0 Å². The molecule has 1 aromatic heterocycles. The van der Waals surface area contributed by atoms with Crippen molar-refractivity contribution in [2.75, 3.05) is 7.11 Å². The van der Waals surface area contributed by atoms with Gasteiger partial charge in [0.1, 0.15) is 12.4 Å². The maximum atomic E-state index is 10.5. The van der Waals surface area contributed by atoms with Crippen molar-refractivity contribution < 1.29 is 14.1 Å². The van der Waals surface area contributed by atoms with Crippen LogP contribution in [0, 0.1) is 0 Å². The topological polar surface area (TPSA) is 35.1 Å². The second-order valence-corrected chi connectivity index (χ2v) is 2.45. The molecule has 0 saturated carbocycles. The minimum atomic E-state index is -0.502. The first kappa shape index (κ1) is 8.93. The highest BCUT2D eigenvalue weighted by atomic mass is 16.5. The van der Waals surface area contributed by atoms with Gasteiger partial charge in [0.2, 0.25) is 6.33 Å². The normalized spacial score (nSPS) is 12.8. The van der Waals surface area contributed by atoms with E-state index in [4.69, 9.17) is 4.74 Å². The highest BCUT2D eigenvalue weighted by Crippen LogP contribution is 2.00. The zero-order chi connectivity index (χ0) is 8.97. The van der Waals surface area contributed by atoms with Gasteiger partial charge in [0.05, 0.1) is 6.54 Å². The molecule has 66 valence electrons. The Morgan fingerprint density at radius 3 is 2.92 bits per heavy atom. The minimum Gasteiger partial charge on any atom is -0.337 e. The SMILES string of the molecule is CC[n+]1ccn(C(C=O)OC)c1. The fraction of sp³-hybridized carbons (Fsp3) is 0.500. The van der Waals surface area contributed by atoms with Crippen molar-refractivity contribution in [3.05, 3.63) is 18.7 Å². The van der Waals surface area contributed by atoms with E-state index in [9.17, 15) is 4.79 Å². The fourth-order valence-electron chi connectivity index (χ4n) is 0.996. The Morgan fingerprint density at radius 2 is 2.50 bits per heavy atom. The van der Waals surface area contributed by atoms with E-state index in [0.29, 0.717) is 0 Å². The average Bonchev–Trinajstić information content (AvgIpc) is 2.55. The van der Waals surface area contributed by atoms with E-state index in [1.54, 1.807) is 4.57 Å². The predicted octanol–water partition coefficient (Wildman–Crippen LogP) is 0.139. The Hall–Kier alpha value is -1.16. The highest BCUT2D eigenvalue weighted by molar-refractivity contribution is 5.53. The van der Waals surface area contributed by atoms with Gasteiger partial charge in [-0.15, -0.1) is 0 Å². The summed E-state index contributed by atoms with van der Waals surface area (Å²) in [4.78, 5) is 10.5. The van der Waals surface area contributed by atoms with E-state index < -0.39 is 6.23 Å². The van der Waals surface area contributed by atoms with Crippen LogP contribution in [0.25, 0.3) is 0 Å². The number of nitrogens with zero attached hydrogens (tertiary/aromatic N) is 2. The molecule has 0 aromatic carbocycles. The molecule has 0 aliphatic rings. The predicted molar refractivity (Wildman–Crippen MR) is 42.4 cm³/mol. The molecule has 0 aliphatic heterocycles. The van der Waals surface area contributed by atoms with Crippen LogP contribution in [-0.2, 0) is 16.1 Å². The number of hydrogen-bond acceptors (Lipinski definition) is 2. The summed E-state index contributed by atoms with van der Waals surface area (Å²) in [5, 5.41) is 0. The van der Waals surface area contributed by atoms with Gasteiger partial charge < -0.3 is 4.74 Å². The van der Waals surface area contributed by atoms with E-state index in [-0.39, 0.29) is 0 Å². The molecule has 1 atom stereocenters. The van der Waals surface area contributed by atoms with Crippen LogP contribution < -0.4 is 4.57 Å². The third-order valence-corrected chi connectivity index (χ3v) is 1.73. The van der Waals surface area contributed by atoms with Crippen LogP contribution >= 0.6 is 0 Å². The second kappa shape index (κ2) is 4.01. The quantitative estimate of drug-likeness (QED) is 0.474. The Kier molecular flexibility index (Phi) is 2.99. The molecule has 1 heterocycles. The van der Waals surface area contributed by atoms with Gasteiger partial charge in [0.15, 0.2) is 6.29 Å². The number of hydrogen-bond donors (Lipinski definition) is 0. The summed E-state index contributed by atoms with van der Waals surface area (Å²) < 4.78 is 8.61. The maximum Gasteiger partial charge on any atom is 0.258 e. The van der Waals surface area contributed by atoms with Gasteiger partial charge in [-0.1, -0.05) is 0 Å². The first-order valence-corrected chi connectivity index (χ1v) is 3.86. The molecule has 0 spiro atoms. The molecular weight excluding hydrogens is 156 g/mol. The summed E-state index contributed by atoms with van der Waals surface area (Å²) in [6.07, 6.45) is 5.81. The fourth-order valence-corrected chi connectivity index (χ4v) is 0.996. The molecule has 1 aromatic rings. The number of carbonyl (C=O) groups excluding carboxylic acids is 1. The zero-order valence-corrected chi connectivity index (χ0v) is 7.30. The molecule has 0 saturated heterocycles. The smallest absolute Gasteiger partial charge is 0.258 e. The van der Waals surface area contributed by atoms with Crippen LogP contribution in [0.4, 0.5) is 0 Å². The number of methoxy groups -OCH3 is 1. The molecule has 0 fully saturated rings. The van der Waals surface area contributed by atoms with Gasteiger partial charge in [-0.05, 0) is 6.92 Å². The molecule has 0 aliphatic carbocycles. The van der Waals surface area contributed by atoms with E-state index in [1.165, 1.54) is 7.11 Å². The summed E-state index contributed by atoms with van der Waals surface area (Å²) >= 11 is 0.